The highest BCUT2D eigenvalue weighted by molar-refractivity contribution is 5.78. The van der Waals surface area contributed by atoms with Crippen LogP contribution in [0.2, 0.25) is 0 Å². The van der Waals surface area contributed by atoms with E-state index >= 15 is 0 Å². The minimum Gasteiger partial charge on any atom is -0.273 e. The van der Waals surface area contributed by atoms with Gasteiger partial charge in [0.05, 0.1) is 12.6 Å². The summed E-state index contributed by atoms with van der Waals surface area (Å²) >= 11 is 0. The number of carbonyl (C=O) groups is 1. The van der Waals surface area contributed by atoms with Gasteiger partial charge in [0.15, 0.2) is 0 Å². The lowest BCUT2D eigenvalue weighted by Gasteiger charge is -2.40. The van der Waals surface area contributed by atoms with Crippen LogP contribution in [0.3, 0.4) is 0 Å². The van der Waals surface area contributed by atoms with Gasteiger partial charge in [0.25, 0.3) is 0 Å². The van der Waals surface area contributed by atoms with Gasteiger partial charge in [-0.25, -0.2) is 5.01 Å². The summed E-state index contributed by atoms with van der Waals surface area (Å²) in [5.41, 5.74) is 2.42. The standard InChI is InChI=1S/C14H16N2O/c1-11-9-13(12-5-3-2-4-6-12)15-8-7-14(17)16(15)10-11/h2-6,13H,1,7-10H2. The van der Waals surface area contributed by atoms with Crippen molar-refractivity contribution in [3.63, 3.8) is 0 Å². The van der Waals surface area contributed by atoms with Crippen molar-refractivity contribution in [2.24, 2.45) is 0 Å². The van der Waals surface area contributed by atoms with Gasteiger partial charge in [0.1, 0.15) is 0 Å². The van der Waals surface area contributed by atoms with Crippen LogP contribution in [0.15, 0.2) is 42.5 Å². The van der Waals surface area contributed by atoms with Gasteiger partial charge >= 0.3 is 0 Å². The molecular weight excluding hydrogens is 212 g/mol. The summed E-state index contributed by atoms with van der Waals surface area (Å²) in [6.45, 7) is 5.60. The van der Waals surface area contributed by atoms with Crippen LogP contribution in [-0.4, -0.2) is 29.0 Å². The Bertz CT molecular complexity index is 455. The molecule has 1 atom stereocenters. The fraction of sp³-hybridized carbons (Fsp3) is 0.357. The lowest BCUT2D eigenvalue weighted by molar-refractivity contribution is -0.142. The highest BCUT2D eigenvalue weighted by Crippen LogP contribution is 2.36. The molecule has 0 spiro atoms. The van der Waals surface area contributed by atoms with Crippen molar-refractivity contribution >= 4 is 5.91 Å². The van der Waals surface area contributed by atoms with Gasteiger partial charge in [-0.3, -0.25) is 9.80 Å². The average molecular weight is 228 g/mol. The van der Waals surface area contributed by atoms with E-state index in [0.717, 1.165) is 18.5 Å². The second-order valence-corrected chi connectivity index (χ2v) is 4.75. The van der Waals surface area contributed by atoms with Crippen molar-refractivity contribution in [3.8, 4) is 0 Å². The zero-order valence-electron chi connectivity index (χ0n) is 9.80. The highest BCUT2D eigenvalue weighted by Gasteiger charge is 2.38. The first kappa shape index (κ1) is 10.5. The lowest BCUT2D eigenvalue weighted by Crippen LogP contribution is -2.46. The number of fused-ring (bicyclic) bond motifs is 1. The first-order chi connectivity index (χ1) is 8.25. The molecule has 3 nitrogen and oxygen atoms in total. The fourth-order valence-electron chi connectivity index (χ4n) is 2.73. The van der Waals surface area contributed by atoms with E-state index in [4.69, 9.17) is 0 Å². The molecule has 1 amide bonds. The molecule has 17 heavy (non-hydrogen) atoms. The minimum absolute atomic E-state index is 0.229. The Balaban J connectivity index is 1.94. The zero-order valence-corrected chi connectivity index (χ0v) is 9.80. The Morgan fingerprint density at radius 2 is 2.00 bits per heavy atom. The molecule has 3 heteroatoms. The summed E-state index contributed by atoms with van der Waals surface area (Å²) < 4.78 is 0. The monoisotopic (exact) mass is 228 g/mol. The number of hydrogen-bond acceptors (Lipinski definition) is 2. The van der Waals surface area contributed by atoms with E-state index in [1.54, 1.807) is 0 Å². The Hall–Kier alpha value is -1.61. The Labute approximate surface area is 101 Å². The molecule has 0 radical (unpaired) electrons. The first-order valence-corrected chi connectivity index (χ1v) is 6.04. The van der Waals surface area contributed by atoms with Crippen LogP contribution in [-0.2, 0) is 4.79 Å². The molecule has 0 saturated carbocycles. The molecule has 1 aromatic rings. The second kappa shape index (κ2) is 4.00. The minimum atomic E-state index is 0.229. The van der Waals surface area contributed by atoms with Crippen LogP contribution >= 0.6 is 0 Å². The molecule has 2 fully saturated rings. The molecule has 0 aliphatic carbocycles. The summed E-state index contributed by atoms with van der Waals surface area (Å²) in [5, 5.41) is 4.07. The van der Waals surface area contributed by atoms with E-state index in [-0.39, 0.29) is 11.9 Å². The van der Waals surface area contributed by atoms with Crippen molar-refractivity contribution in [3.05, 3.63) is 48.0 Å². The summed E-state index contributed by atoms with van der Waals surface area (Å²) in [5.74, 6) is 0.229. The number of hydrogen-bond donors (Lipinski definition) is 0. The Kier molecular flexibility index (Phi) is 2.48. The molecule has 1 aromatic carbocycles. The van der Waals surface area contributed by atoms with Crippen molar-refractivity contribution in [2.45, 2.75) is 18.9 Å². The predicted octanol–water partition coefficient (Wildman–Crippen LogP) is 2.14. The number of hydrazine groups is 1. The van der Waals surface area contributed by atoms with E-state index in [1.165, 1.54) is 5.56 Å². The number of nitrogens with zero attached hydrogens (tertiary/aromatic N) is 2. The maximum atomic E-state index is 11.8. The molecule has 1 unspecified atom stereocenters. The summed E-state index contributed by atoms with van der Waals surface area (Å²) in [7, 11) is 0. The Morgan fingerprint density at radius 3 is 2.76 bits per heavy atom. The van der Waals surface area contributed by atoms with Crippen molar-refractivity contribution in [2.75, 3.05) is 13.1 Å². The maximum absolute atomic E-state index is 11.8. The van der Waals surface area contributed by atoms with Crippen LogP contribution in [0.5, 0.6) is 0 Å². The molecular formula is C14H16N2O. The van der Waals surface area contributed by atoms with Gasteiger partial charge < -0.3 is 0 Å². The van der Waals surface area contributed by atoms with E-state index in [1.807, 2.05) is 11.1 Å². The average Bonchev–Trinajstić information content (AvgIpc) is 2.72. The summed E-state index contributed by atoms with van der Waals surface area (Å²) in [6, 6.07) is 10.7. The molecule has 2 aliphatic heterocycles. The van der Waals surface area contributed by atoms with Crippen molar-refractivity contribution < 1.29 is 4.79 Å². The van der Waals surface area contributed by atoms with E-state index in [2.05, 4.69) is 35.9 Å². The smallest absolute Gasteiger partial charge is 0.238 e. The Morgan fingerprint density at radius 1 is 1.24 bits per heavy atom. The molecule has 3 rings (SSSR count). The number of amides is 1. The van der Waals surface area contributed by atoms with Crippen LogP contribution in [0.1, 0.15) is 24.4 Å². The first-order valence-electron chi connectivity index (χ1n) is 6.04. The van der Waals surface area contributed by atoms with Gasteiger partial charge in [-0.1, -0.05) is 42.5 Å². The predicted molar refractivity (Wildman–Crippen MR) is 66.0 cm³/mol. The van der Waals surface area contributed by atoms with Crippen LogP contribution in [0, 0.1) is 0 Å². The third-order valence-corrected chi connectivity index (χ3v) is 3.55. The zero-order chi connectivity index (χ0) is 11.8. The molecule has 0 N–H and O–H groups in total. The SMILES string of the molecule is C=C1CC(c2ccccc2)N2CCC(=O)N2C1. The quantitative estimate of drug-likeness (QED) is 0.687. The van der Waals surface area contributed by atoms with Gasteiger partial charge in [0, 0.05) is 13.0 Å². The number of rotatable bonds is 1. The largest absolute Gasteiger partial charge is 0.273 e. The fourth-order valence-corrected chi connectivity index (χ4v) is 2.73. The lowest BCUT2D eigenvalue weighted by atomic mass is 9.97. The number of benzene rings is 1. The maximum Gasteiger partial charge on any atom is 0.238 e. The van der Waals surface area contributed by atoms with Crippen molar-refractivity contribution in [1.82, 2.24) is 10.0 Å². The third kappa shape index (κ3) is 1.76. The van der Waals surface area contributed by atoms with Gasteiger partial charge in [-0.15, -0.1) is 0 Å². The number of carbonyl (C=O) groups excluding carboxylic acids is 1. The normalized spacial score (nSPS) is 25.2. The van der Waals surface area contributed by atoms with Gasteiger partial charge in [-0.2, -0.15) is 0 Å². The highest BCUT2D eigenvalue weighted by atomic mass is 16.2. The molecule has 2 heterocycles. The second-order valence-electron chi connectivity index (χ2n) is 4.75. The van der Waals surface area contributed by atoms with E-state index in [0.29, 0.717) is 13.0 Å². The summed E-state index contributed by atoms with van der Waals surface area (Å²) in [4.78, 5) is 11.8. The van der Waals surface area contributed by atoms with Crippen molar-refractivity contribution in [1.29, 1.82) is 0 Å². The molecule has 0 bridgehead atoms. The van der Waals surface area contributed by atoms with Crippen LogP contribution in [0.4, 0.5) is 0 Å². The van der Waals surface area contributed by atoms with Gasteiger partial charge in [0.2, 0.25) is 5.91 Å². The van der Waals surface area contributed by atoms with Crippen LogP contribution < -0.4 is 0 Å². The van der Waals surface area contributed by atoms with E-state index < -0.39 is 0 Å². The summed E-state index contributed by atoms with van der Waals surface area (Å²) in [6.07, 6.45) is 1.59. The van der Waals surface area contributed by atoms with Crippen LogP contribution in [0.25, 0.3) is 0 Å². The molecule has 0 aromatic heterocycles. The topological polar surface area (TPSA) is 23.6 Å². The molecule has 88 valence electrons. The molecule has 2 aliphatic rings. The third-order valence-electron chi connectivity index (χ3n) is 3.55. The van der Waals surface area contributed by atoms with Gasteiger partial charge in [-0.05, 0) is 12.0 Å². The molecule has 2 saturated heterocycles. The van der Waals surface area contributed by atoms with E-state index in [9.17, 15) is 4.79 Å².